The number of rotatable bonds is 4. The lowest BCUT2D eigenvalue weighted by Gasteiger charge is -2.22. The second-order valence-corrected chi connectivity index (χ2v) is 11.9. The number of Topliss-reactive ketones (excluding diaryl/α,β-unsaturated/α-hetero) is 1. The zero-order chi connectivity index (χ0) is 25.1. The Morgan fingerprint density at radius 3 is 2.14 bits per heavy atom. The number of aryl methyl sites for hydroxylation is 2. The number of ketones is 1. The van der Waals surface area contributed by atoms with Gasteiger partial charge in [-0.3, -0.25) is 9.59 Å². The van der Waals surface area contributed by atoms with Crippen LogP contribution in [0.4, 0.5) is 0 Å². The Balaban J connectivity index is 1.74. The van der Waals surface area contributed by atoms with Gasteiger partial charge in [0.25, 0.3) is 5.91 Å². The molecule has 5 rings (SSSR count). The molecule has 0 N–H and O–H groups in total. The van der Waals surface area contributed by atoms with E-state index in [0.717, 1.165) is 27.2 Å². The summed E-state index contributed by atoms with van der Waals surface area (Å²) in [5.41, 5.74) is 3.45. The average Bonchev–Trinajstić information content (AvgIpc) is 3.06. The highest BCUT2D eigenvalue weighted by Crippen LogP contribution is 2.47. The van der Waals surface area contributed by atoms with Gasteiger partial charge in [0.05, 0.1) is 21.7 Å². The Labute approximate surface area is 209 Å². The number of sulfone groups is 1. The topological polar surface area (TPSA) is 71.5 Å². The van der Waals surface area contributed by atoms with Gasteiger partial charge < -0.3 is 4.90 Å². The number of fused-ring (bicyclic) bond motifs is 2. The highest BCUT2D eigenvalue weighted by molar-refractivity contribution is 8.00. The van der Waals surface area contributed by atoms with Gasteiger partial charge in [0.2, 0.25) is 0 Å². The summed E-state index contributed by atoms with van der Waals surface area (Å²) in [6, 6.07) is 21.0. The first-order valence-corrected chi connectivity index (χ1v) is 13.8. The number of hydrogen-bond donors (Lipinski definition) is 0. The first-order valence-electron chi connectivity index (χ1n) is 11.0. The Morgan fingerprint density at radius 1 is 0.771 bits per heavy atom. The molecule has 0 spiro atoms. The maximum atomic E-state index is 13.7. The van der Waals surface area contributed by atoms with Gasteiger partial charge in [-0.15, -0.1) is 0 Å². The van der Waals surface area contributed by atoms with E-state index in [4.69, 9.17) is 0 Å². The van der Waals surface area contributed by atoms with E-state index in [-0.39, 0.29) is 21.8 Å². The second-order valence-electron chi connectivity index (χ2n) is 8.78. The first kappa shape index (κ1) is 23.3. The van der Waals surface area contributed by atoms with Gasteiger partial charge in [-0.2, -0.15) is 0 Å². The van der Waals surface area contributed by atoms with Gasteiger partial charge in [-0.25, -0.2) is 8.42 Å². The molecule has 0 saturated heterocycles. The minimum atomic E-state index is -3.81. The molecule has 2 aliphatic rings. The van der Waals surface area contributed by atoms with E-state index < -0.39 is 15.7 Å². The minimum Gasteiger partial charge on any atom is -0.310 e. The molecular weight excluding hydrogens is 478 g/mol. The van der Waals surface area contributed by atoms with Gasteiger partial charge in [-0.1, -0.05) is 54.2 Å². The van der Waals surface area contributed by atoms with Gasteiger partial charge in [0.15, 0.2) is 15.6 Å². The van der Waals surface area contributed by atoms with Gasteiger partial charge in [0.1, 0.15) is 0 Å². The molecule has 35 heavy (non-hydrogen) atoms. The lowest BCUT2D eigenvalue weighted by Crippen LogP contribution is -2.24. The first-order chi connectivity index (χ1) is 16.6. The summed E-state index contributed by atoms with van der Waals surface area (Å²) < 4.78 is 25.9. The van der Waals surface area contributed by atoms with Crippen LogP contribution in [0.2, 0.25) is 0 Å². The van der Waals surface area contributed by atoms with Crippen LogP contribution in [0.3, 0.4) is 0 Å². The zero-order valence-electron chi connectivity index (χ0n) is 19.7. The van der Waals surface area contributed by atoms with Gasteiger partial charge in [0, 0.05) is 39.8 Å². The molecule has 5 nitrogen and oxygen atoms in total. The summed E-state index contributed by atoms with van der Waals surface area (Å²) in [6.45, 7) is 3.69. The molecule has 3 aromatic rings. The molecular formula is C28H23NO4S2. The normalized spacial score (nSPS) is 15.6. The second kappa shape index (κ2) is 8.36. The maximum absolute atomic E-state index is 13.7. The highest BCUT2D eigenvalue weighted by atomic mass is 32.2. The van der Waals surface area contributed by atoms with Crippen molar-refractivity contribution < 1.29 is 18.0 Å². The van der Waals surface area contributed by atoms with Crippen molar-refractivity contribution in [2.75, 3.05) is 13.3 Å². The Morgan fingerprint density at radius 2 is 1.49 bits per heavy atom. The summed E-state index contributed by atoms with van der Waals surface area (Å²) in [4.78, 5) is 30.7. The smallest absolute Gasteiger partial charge is 0.260 e. The third-order valence-corrected chi connectivity index (χ3v) is 8.49. The van der Waals surface area contributed by atoms with Crippen LogP contribution in [0, 0.1) is 13.8 Å². The molecule has 0 unspecified atom stereocenters. The molecule has 1 aliphatic heterocycles. The standard InChI is InChI=1S/C28H23NO4S2/c1-16-9-8-12-21-22(16)27(35(4,32)33)24-23(26(21)30)25(29(3)28(24)31)20-14-13-19(15-17(20)2)34-18-10-6-5-7-11-18/h5-15H,1-4H3. The number of nitrogens with zero attached hydrogens (tertiary/aromatic N) is 1. The molecule has 176 valence electrons. The molecule has 1 aliphatic carbocycles. The van der Waals surface area contributed by atoms with Crippen LogP contribution in [-0.2, 0) is 14.6 Å². The largest absolute Gasteiger partial charge is 0.310 e. The summed E-state index contributed by atoms with van der Waals surface area (Å²) >= 11 is 1.62. The number of hydrogen-bond acceptors (Lipinski definition) is 5. The van der Waals surface area contributed by atoms with Crippen molar-refractivity contribution >= 4 is 43.9 Å². The van der Waals surface area contributed by atoms with Crippen LogP contribution < -0.4 is 0 Å². The third-order valence-electron chi connectivity index (χ3n) is 6.34. The molecule has 0 bridgehead atoms. The van der Waals surface area contributed by atoms with Crippen LogP contribution in [0.5, 0.6) is 0 Å². The van der Waals surface area contributed by atoms with Crippen LogP contribution in [0.25, 0.3) is 10.6 Å². The van der Waals surface area contributed by atoms with Crippen LogP contribution in [0.1, 0.15) is 32.6 Å². The van der Waals surface area contributed by atoms with E-state index in [0.29, 0.717) is 22.4 Å². The molecule has 0 saturated carbocycles. The quantitative estimate of drug-likeness (QED) is 0.486. The minimum absolute atomic E-state index is 0.0288. The fourth-order valence-electron chi connectivity index (χ4n) is 4.79. The Kier molecular flexibility index (Phi) is 5.57. The Hall–Kier alpha value is -3.42. The lowest BCUT2D eigenvalue weighted by molar-refractivity contribution is -0.122. The fourth-order valence-corrected chi connectivity index (χ4v) is 6.93. The third kappa shape index (κ3) is 3.75. The van der Waals surface area contributed by atoms with Gasteiger partial charge in [-0.05, 0) is 49.2 Å². The molecule has 7 heteroatoms. The van der Waals surface area contributed by atoms with Crippen LogP contribution in [0.15, 0.2) is 87.7 Å². The number of carbonyl (C=O) groups is 2. The predicted octanol–water partition coefficient (Wildman–Crippen LogP) is 5.29. The van der Waals surface area contributed by atoms with E-state index in [1.807, 2.05) is 55.5 Å². The van der Waals surface area contributed by atoms with E-state index in [1.165, 1.54) is 4.90 Å². The number of amides is 1. The monoisotopic (exact) mass is 501 g/mol. The molecule has 0 radical (unpaired) electrons. The summed E-state index contributed by atoms with van der Waals surface area (Å²) in [7, 11) is -2.22. The summed E-state index contributed by atoms with van der Waals surface area (Å²) in [5.74, 6) is -0.819. The van der Waals surface area contributed by atoms with Crippen LogP contribution >= 0.6 is 11.8 Å². The molecule has 0 aromatic heterocycles. The van der Waals surface area contributed by atoms with Crippen molar-refractivity contribution in [2.24, 2.45) is 0 Å². The highest BCUT2D eigenvalue weighted by Gasteiger charge is 2.46. The van der Waals surface area contributed by atoms with E-state index in [1.54, 1.807) is 43.9 Å². The maximum Gasteiger partial charge on any atom is 0.260 e. The average molecular weight is 502 g/mol. The summed E-state index contributed by atoms with van der Waals surface area (Å²) in [5, 5.41) is 0. The Bertz CT molecular complexity index is 1600. The van der Waals surface area contributed by atoms with Gasteiger partial charge >= 0.3 is 0 Å². The zero-order valence-corrected chi connectivity index (χ0v) is 21.4. The van der Waals surface area contributed by atoms with Crippen molar-refractivity contribution in [1.82, 2.24) is 4.90 Å². The number of benzene rings is 3. The van der Waals surface area contributed by atoms with E-state index in [2.05, 4.69) is 0 Å². The van der Waals surface area contributed by atoms with Crippen LogP contribution in [-0.4, -0.2) is 38.3 Å². The molecule has 0 fully saturated rings. The molecule has 1 heterocycles. The van der Waals surface area contributed by atoms with E-state index >= 15 is 0 Å². The number of carbonyl (C=O) groups excluding carboxylic acids is 2. The lowest BCUT2D eigenvalue weighted by atomic mass is 9.84. The van der Waals surface area contributed by atoms with Crippen molar-refractivity contribution in [3.63, 3.8) is 0 Å². The molecule has 1 amide bonds. The van der Waals surface area contributed by atoms with Crippen molar-refractivity contribution in [3.05, 3.63) is 106 Å². The number of likely N-dealkylation sites (N-methyl/N-ethyl adjacent to an activating group) is 1. The van der Waals surface area contributed by atoms with Crippen molar-refractivity contribution in [3.8, 4) is 0 Å². The van der Waals surface area contributed by atoms with E-state index in [9.17, 15) is 18.0 Å². The fraction of sp³-hybridized carbons (Fsp3) is 0.143. The van der Waals surface area contributed by atoms with Crippen molar-refractivity contribution in [1.29, 1.82) is 0 Å². The molecule has 3 aromatic carbocycles. The SMILES string of the molecule is Cc1cc(Sc2ccccc2)ccc1C1=C2C(=O)c3cccc(C)c3C(S(C)(=O)=O)=C2C(=O)N1C. The predicted molar refractivity (Wildman–Crippen MR) is 139 cm³/mol. The van der Waals surface area contributed by atoms with Crippen molar-refractivity contribution in [2.45, 2.75) is 23.6 Å². The summed E-state index contributed by atoms with van der Waals surface area (Å²) in [6.07, 6.45) is 1.09. The molecule has 0 atom stereocenters.